The van der Waals surface area contributed by atoms with Gasteiger partial charge in [-0.05, 0) is 43.7 Å². The van der Waals surface area contributed by atoms with Crippen LogP contribution >= 0.6 is 0 Å². The monoisotopic (exact) mass is 396 g/mol. The van der Waals surface area contributed by atoms with E-state index in [4.69, 9.17) is 9.57 Å². The van der Waals surface area contributed by atoms with Crippen LogP contribution in [0, 0.1) is 0 Å². The highest BCUT2D eigenvalue weighted by molar-refractivity contribution is 5.81. The number of piperazine rings is 1. The van der Waals surface area contributed by atoms with Crippen molar-refractivity contribution in [2.75, 3.05) is 32.8 Å². The maximum Gasteiger partial charge on any atom is 0.266 e. The number of carbonyl (C=O) groups excluding carboxylic acids is 1. The SMILES string of the molecule is CCOc1ccc(/C=N\O[C@@H](C)C(=O)N2CC[NH+](Cc3ccccc3)CC2)cc1. The van der Waals surface area contributed by atoms with Crippen molar-refractivity contribution in [3.05, 3.63) is 65.7 Å². The highest BCUT2D eigenvalue weighted by Crippen LogP contribution is 2.11. The van der Waals surface area contributed by atoms with Crippen molar-refractivity contribution in [1.29, 1.82) is 0 Å². The first-order chi connectivity index (χ1) is 14.2. The van der Waals surface area contributed by atoms with E-state index < -0.39 is 6.10 Å². The molecule has 0 saturated carbocycles. The van der Waals surface area contributed by atoms with Crippen LogP contribution in [-0.4, -0.2) is 55.9 Å². The third-order valence-electron chi connectivity index (χ3n) is 5.04. The van der Waals surface area contributed by atoms with Crippen molar-refractivity contribution in [2.24, 2.45) is 5.16 Å². The number of hydrogen-bond acceptors (Lipinski definition) is 4. The van der Waals surface area contributed by atoms with Gasteiger partial charge >= 0.3 is 0 Å². The third kappa shape index (κ3) is 6.32. The number of rotatable bonds is 8. The first-order valence-electron chi connectivity index (χ1n) is 10.2. The topological polar surface area (TPSA) is 55.6 Å². The Labute approximate surface area is 172 Å². The lowest BCUT2D eigenvalue weighted by Gasteiger charge is -2.33. The Bertz CT molecular complexity index is 785. The van der Waals surface area contributed by atoms with Gasteiger partial charge in [0.1, 0.15) is 12.3 Å². The van der Waals surface area contributed by atoms with Gasteiger partial charge in [-0.3, -0.25) is 4.79 Å². The minimum Gasteiger partial charge on any atom is -0.494 e. The molecule has 29 heavy (non-hydrogen) atoms. The first kappa shape index (κ1) is 20.9. The summed E-state index contributed by atoms with van der Waals surface area (Å²) in [7, 11) is 0. The lowest BCUT2D eigenvalue weighted by molar-refractivity contribution is -0.917. The second-order valence-corrected chi connectivity index (χ2v) is 7.22. The highest BCUT2D eigenvalue weighted by atomic mass is 16.6. The van der Waals surface area contributed by atoms with E-state index in [1.807, 2.05) is 42.2 Å². The van der Waals surface area contributed by atoms with Gasteiger partial charge in [0, 0.05) is 5.56 Å². The normalized spacial score (nSPS) is 16.0. The average molecular weight is 397 g/mol. The molecule has 0 aromatic heterocycles. The average Bonchev–Trinajstić information content (AvgIpc) is 2.76. The smallest absolute Gasteiger partial charge is 0.266 e. The van der Waals surface area contributed by atoms with Gasteiger partial charge < -0.3 is 19.4 Å². The van der Waals surface area contributed by atoms with E-state index >= 15 is 0 Å². The van der Waals surface area contributed by atoms with Gasteiger partial charge in [0.25, 0.3) is 5.91 Å². The van der Waals surface area contributed by atoms with Gasteiger partial charge in [0.2, 0.25) is 6.10 Å². The summed E-state index contributed by atoms with van der Waals surface area (Å²) in [6.07, 6.45) is 1.02. The summed E-state index contributed by atoms with van der Waals surface area (Å²) in [6.45, 7) is 8.73. The zero-order chi connectivity index (χ0) is 20.5. The summed E-state index contributed by atoms with van der Waals surface area (Å²) < 4.78 is 5.42. The summed E-state index contributed by atoms with van der Waals surface area (Å²) >= 11 is 0. The van der Waals surface area contributed by atoms with Crippen LogP contribution in [-0.2, 0) is 16.2 Å². The van der Waals surface area contributed by atoms with Crippen LogP contribution in [0.25, 0.3) is 0 Å². The number of amides is 1. The van der Waals surface area contributed by atoms with E-state index in [1.165, 1.54) is 10.5 Å². The van der Waals surface area contributed by atoms with Crippen LogP contribution in [0.2, 0.25) is 0 Å². The molecular weight excluding hydrogens is 366 g/mol. The Morgan fingerprint density at radius 3 is 2.48 bits per heavy atom. The Kier molecular flexibility index (Phi) is 7.64. The standard InChI is InChI=1S/C23H29N3O3/c1-3-28-22-11-9-20(10-12-22)17-24-29-19(2)23(27)26-15-13-25(14-16-26)18-21-7-5-4-6-8-21/h4-12,17,19H,3,13-16,18H2,1-2H3/p+1/b24-17-/t19-/m0/s1. The molecule has 1 N–H and O–H groups in total. The van der Waals surface area contributed by atoms with Crippen LogP contribution in [0.4, 0.5) is 0 Å². The number of ether oxygens (including phenoxy) is 1. The molecule has 0 bridgehead atoms. The number of benzene rings is 2. The number of nitrogens with zero attached hydrogens (tertiary/aromatic N) is 2. The van der Waals surface area contributed by atoms with Crippen molar-refractivity contribution in [3.63, 3.8) is 0 Å². The van der Waals surface area contributed by atoms with Gasteiger partial charge in [-0.25, -0.2) is 0 Å². The fraction of sp³-hybridized carbons (Fsp3) is 0.391. The van der Waals surface area contributed by atoms with E-state index in [-0.39, 0.29) is 5.91 Å². The van der Waals surface area contributed by atoms with Crippen molar-refractivity contribution < 1.29 is 19.3 Å². The van der Waals surface area contributed by atoms with E-state index in [1.54, 1.807) is 13.1 Å². The van der Waals surface area contributed by atoms with Crippen molar-refractivity contribution in [2.45, 2.75) is 26.5 Å². The predicted molar refractivity (Wildman–Crippen MR) is 113 cm³/mol. The van der Waals surface area contributed by atoms with E-state index in [2.05, 4.69) is 29.4 Å². The first-order valence-corrected chi connectivity index (χ1v) is 10.2. The van der Waals surface area contributed by atoms with Gasteiger partial charge in [-0.2, -0.15) is 0 Å². The third-order valence-corrected chi connectivity index (χ3v) is 5.04. The Balaban J connectivity index is 1.42. The predicted octanol–water partition coefficient (Wildman–Crippen LogP) is 1.75. The van der Waals surface area contributed by atoms with Crippen LogP contribution in [0.3, 0.4) is 0 Å². The second kappa shape index (κ2) is 10.6. The summed E-state index contributed by atoms with van der Waals surface area (Å²) in [5.41, 5.74) is 2.23. The molecule has 1 aliphatic rings. The minimum absolute atomic E-state index is 0.00685. The summed E-state index contributed by atoms with van der Waals surface area (Å²) in [5.74, 6) is 0.815. The lowest BCUT2D eigenvalue weighted by Crippen LogP contribution is -3.13. The Morgan fingerprint density at radius 1 is 1.14 bits per heavy atom. The van der Waals surface area contributed by atoms with Crippen LogP contribution in [0.1, 0.15) is 25.0 Å². The van der Waals surface area contributed by atoms with Crippen LogP contribution in [0.15, 0.2) is 59.8 Å². The maximum atomic E-state index is 12.6. The molecule has 1 amide bonds. The molecule has 6 heteroatoms. The van der Waals surface area contributed by atoms with Crippen molar-refractivity contribution >= 4 is 12.1 Å². The number of nitrogens with one attached hydrogen (secondary N) is 1. The number of hydrogen-bond donors (Lipinski definition) is 1. The quantitative estimate of drug-likeness (QED) is 0.546. The number of carbonyl (C=O) groups is 1. The molecule has 1 heterocycles. The second-order valence-electron chi connectivity index (χ2n) is 7.22. The molecule has 2 aromatic carbocycles. The molecule has 1 aliphatic heterocycles. The van der Waals surface area contributed by atoms with Gasteiger partial charge in [0.05, 0.1) is 39.0 Å². The minimum atomic E-state index is -0.593. The summed E-state index contributed by atoms with van der Waals surface area (Å²) in [5, 5.41) is 3.99. The maximum absolute atomic E-state index is 12.6. The van der Waals surface area contributed by atoms with E-state index in [9.17, 15) is 4.79 Å². The molecule has 6 nitrogen and oxygen atoms in total. The molecule has 1 atom stereocenters. The fourth-order valence-corrected chi connectivity index (χ4v) is 3.41. The van der Waals surface area contributed by atoms with Crippen molar-refractivity contribution in [1.82, 2.24) is 4.90 Å². The van der Waals surface area contributed by atoms with Crippen molar-refractivity contribution in [3.8, 4) is 5.75 Å². The number of quaternary nitrogens is 1. The zero-order valence-electron chi connectivity index (χ0n) is 17.2. The van der Waals surface area contributed by atoms with Gasteiger partial charge in [0.15, 0.2) is 0 Å². The largest absolute Gasteiger partial charge is 0.494 e. The molecule has 0 radical (unpaired) electrons. The molecule has 2 aromatic rings. The van der Waals surface area contributed by atoms with E-state index in [0.717, 1.165) is 44.0 Å². The van der Waals surface area contributed by atoms with Crippen LogP contribution < -0.4 is 9.64 Å². The summed E-state index contributed by atoms with van der Waals surface area (Å²) in [6, 6.07) is 18.1. The summed E-state index contributed by atoms with van der Waals surface area (Å²) in [4.78, 5) is 21.4. The molecule has 1 fully saturated rings. The Hall–Kier alpha value is -2.86. The van der Waals surface area contributed by atoms with Crippen LogP contribution in [0.5, 0.6) is 5.75 Å². The highest BCUT2D eigenvalue weighted by Gasteiger charge is 2.27. The Morgan fingerprint density at radius 2 is 1.83 bits per heavy atom. The molecule has 0 aliphatic carbocycles. The number of oxime groups is 1. The molecule has 1 saturated heterocycles. The molecular formula is C23H30N3O3+. The zero-order valence-corrected chi connectivity index (χ0v) is 17.2. The van der Waals surface area contributed by atoms with Gasteiger partial charge in [-0.15, -0.1) is 0 Å². The van der Waals surface area contributed by atoms with E-state index in [0.29, 0.717) is 6.61 Å². The molecule has 3 rings (SSSR count). The fourth-order valence-electron chi connectivity index (χ4n) is 3.41. The van der Waals surface area contributed by atoms with Gasteiger partial charge in [-0.1, -0.05) is 35.5 Å². The molecule has 0 unspecified atom stereocenters. The lowest BCUT2D eigenvalue weighted by atomic mass is 10.2. The molecule has 0 spiro atoms. The molecule has 154 valence electrons.